The predicted molar refractivity (Wildman–Crippen MR) is 109 cm³/mol. The van der Waals surface area contributed by atoms with Gasteiger partial charge in [-0.3, -0.25) is 4.79 Å². The van der Waals surface area contributed by atoms with Gasteiger partial charge in [0.25, 0.3) is 5.91 Å². The van der Waals surface area contributed by atoms with Crippen molar-refractivity contribution < 1.29 is 19.0 Å². The molecular weight excluding hydrogens is 354 g/mol. The van der Waals surface area contributed by atoms with E-state index in [9.17, 15) is 4.79 Å². The number of anilines is 1. The number of nitrogens with one attached hydrogen (secondary N) is 1. The number of para-hydroxylation sites is 2. The molecule has 28 heavy (non-hydrogen) atoms. The maximum atomic E-state index is 12.6. The zero-order valence-electron chi connectivity index (χ0n) is 15.8. The SMILES string of the molecule is COCCOc1ccc(C(=O)Nc2ccccc2OCc2ccccc2)cc1. The molecule has 0 aliphatic carbocycles. The summed E-state index contributed by atoms with van der Waals surface area (Å²) in [7, 11) is 1.62. The van der Waals surface area contributed by atoms with E-state index in [4.69, 9.17) is 14.2 Å². The Hall–Kier alpha value is -3.31. The van der Waals surface area contributed by atoms with Crippen molar-refractivity contribution in [2.75, 3.05) is 25.6 Å². The van der Waals surface area contributed by atoms with Gasteiger partial charge >= 0.3 is 0 Å². The van der Waals surface area contributed by atoms with E-state index in [0.717, 1.165) is 5.56 Å². The Labute approximate surface area is 164 Å². The van der Waals surface area contributed by atoms with E-state index in [1.165, 1.54) is 0 Å². The van der Waals surface area contributed by atoms with Gasteiger partial charge in [-0.1, -0.05) is 42.5 Å². The zero-order chi connectivity index (χ0) is 19.6. The highest BCUT2D eigenvalue weighted by atomic mass is 16.5. The van der Waals surface area contributed by atoms with Crippen LogP contribution in [0.15, 0.2) is 78.9 Å². The lowest BCUT2D eigenvalue weighted by Crippen LogP contribution is -2.13. The number of carbonyl (C=O) groups excluding carboxylic acids is 1. The zero-order valence-corrected chi connectivity index (χ0v) is 15.8. The number of ether oxygens (including phenoxy) is 3. The van der Waals surface area contributed by atoms with E-state index < -0.39 is 0 Å². The van der Waals surface area contributed by atoms with Gasteiger partial charge in [0, 0.05) is 12.7 Å². The molecule has 0 atom stereocenters. The summed E-state index contributed by atoms with van der Waals surface area (Å²) in [5.74, 6) is 1.11. The summed E-state index contributed by atoms with van der Waals surface area (Å²) < 4.78 is 16.4. The highest BCUT2D eigenvalue weighted by Crippen LogP contribution is 2.25. The van der Waals surface area contributed by atoms with Crippen molar-refractivity contribution in [3.05, 3.63) is 90.0 Å². The molecule has 0 aliphatic rings. The first-order valence-electron chi connectivity index (χ1n) is 9.05. The number of carbonyl (C=O) groups is 1. The van der Waals surface area contributed by atoms with E-state index >= 15 is 0 Å². The molecule has 5 heteroatoms. The van der Waals surface area contributed by atoms with Crippen LogP contribution in [0.4, 0.5) is 5.69 Å². The van der Waals surface area contributed by atoms with Gasteiger partial charge in [-0.2, -0.15) is 0 Å². The van der Waals surface area contributed by atoms with Crippen molar-refractivity contribution in [3.63, 3.8) is 0 Å². The minimum Gasteiger partial charge on any atom is -0.491 e. The van der Waals surface area contributed by atoms with Crippen LogP contribution in [0, 0.1) is 0 Å². The van der Waals surface area contributed by atoms with Crippen LogP contribution in [0.2, 0.25) is 0 Å². The number of rotatable bonds is 9. The van der Waals surface area contributed by atoms with Gasteiger partial charge in [0.15, 0.2) is 0 Å². The van der Waals surface area contributed by atoms with E-state index in [-0.39, 0.29) is 5.91 Å². The van der Waals surface area contributed by atoms with Crippen LogP contribution in [-0.2, 0) is 11.3 Å². The molecule has 0 fully saturated rings. The van der Waals surface area contributed by atoms with Crippen molar-refractivity contribution in [1.29, 1.82) is 0 Å². The van der Waals surface area contributed by atoms with E-state index in [2.05, 4.69) is 5.32 Å². The van der Waals surface area contributed by atoms with Crippen LogP contribution in [0.1, 0.15) is 15.9 Å². The van der Waals surface area contributed by atoms with Crippen LogP contribution >= 0.6 is 0 Å². The third kappa shape index (κ3) is 5.59. The summed E-state index contributed by atoms with van der Waals surface area (Å²) in [6.07, 6.45) is 0. The summed E-state index contributed by atoms with van der Waals surface area (Å²) in [5.41, 5.74) is 2.23. The van der Waals surface area contributed by atoms with Gasteiger partial charge in [0.05, 0.1) is 12.3 Å². The lowest BCUT2D eigenvalue weighted by Gasteiger charge is -2.13. The maximum Gasteiger partial charge on any atom is 0.255 e. The second kappa shape index (κ2) is 10.1. The van der Waals surface area contributed by atoms with E-state index in [1.54, 1.807) is 31.4 Å². The number of hydrogen-bond acceptors (Lipinski definition) is 4. The molecule has 0 heterocycles. The quantitative estimate of drug-likeness (QED) is 0.556. The Kier molecular flexibility index (Phi) is 7.04. The molecule has 144 valence electrons. The first-order valence-corrected chi connectivity index (χ1v) is 9.05. The summed E-state index contributed by atoms with van der Waals surface area (Å²) in [6, 6.07) is 24.3. The van der Waals surface area contributed by atoms with Crippen molar-refractivity contribution in [3.8, 4) is 11.5 Å². The van der Waals surface area contributed by atoms with Crippen LogP contribution in [0.25, 0.3) is 0 Å². The largest absolute Gasteiger partial charge is 0.491 e. The summed E-state index contributed by atoms with van der Waals surface area (Å²) in [6.45, 7) is 1.41. The molecule has 1 amide bonds. The summed E-state index contributed by atoms with van der Waals surface area (Å²) >= 11 is 0. The van der Waals surface area contributed by atoms with Gasteiger partial charge in [0.2, 0.25) is 0 Å². The molecule has 3 aromatic carbocycles. The molecule has 0 saturated heterocycles. The molecule has 0 aromatic heterocycles. The summed E-state index contributed by atoms with van der Waals surface area (Å²) in [5, 5.41) is 2.91. The molecular formula is C23H23NO4. The van der Waals surface area contributed by atoms with Crippen molar-refractivity contribution in [2.24, 2.45) is 0 Å². The van der Waals surface area contributed by atoms with Crippen molar-refractivity contribution in [2.45, 2.75) is 6.61 Å². The van der Waals surface area contributed by atoms with Gasteiger partial charge in [-0.15, -0.1) is 0 Å². The third-order valence-electron chi connectivity index (χ3n) is 4.05. The normalized spacial score (nSPS) is 10.3. The molecule has 0 bridgehead atoms. The van der Waals surface area contributed by atoms with E-state index in [1.807, 2.05) is 54.6 Å². The first-order chi connectivity index (χ1) is 13.8. The fraction of sp³-hybridized carbons (Fsp3) is 0.174. The Morgan fingerprint density at radius 1 is 0.821 bits per heavy atom. The van der Waals surface area contributed by atoms with Crippen molar-refractivity contribution >= 4 is 11.6 Å². The molecule has 3 aromatic rings. The monoisotopic (exact) mass is 377 g/mol. The minimum absolute atomic E-state index is 0.209. The number of methoxy groups -OCH3 is 1. The topological polar surface area (TPSA) is 56.8 Å². The Balaban J connectivity index is 1.62. The smallest absolute Gasteiger partial charge is 0.255 e. The second-order valence-corrected chi connectivity index (χ2v) is 6.09. The molecule has 0 spiro atoms. The molecule has 0 aliphatic heterocycles. The fourth-order valence-electron chi connectivity index (χ4n) is 2.57. The highest BCUT2D eigenvalue weighted by molar-refractivity contribution is 6.05. The Morgan fingerprint density at radius 3 is 2.29 bits per heavy atom. The molecule has 0 radical (unpaired) electrons. The fourth-order valence-corrected chi connectivity index (χ4v) is 2.57. The number of benzene rings is 3. The molecule has 0 saturated carbocycles. The molecule has 3 rings (SSSR count). The van der Waals surface area contributed by atoms with Crippen LogP contribution in [-0.4, -0.2) is 26.2 Å². The average molecular weight is 377 g/mol. The lowest BCUT2D eigenvalue weighted by atomic mass is 10.2. The predicted octanol–water partition coefficient (Wildman–Crippen LogP) is 4.54. The first kappa shape index (κ1) is 19.5. The van der Waals surface area contributed by atoms with Gasteiger partial charge in [-0.05, 0) is 42.0 Å². The molecule has 0 unspecified atom stereocenters. The Bertz CT molecular complexity index is 879. The van der Waals surface area contributed by atoms with Crippen LogP contribution in [0.3, 0.4) is 0 Å². The van der Waals surface area contributed by atoms with Crippen molar-refractivity contribution in [1.82, 2.24) is 0 Å². The van der Waals surface area contributed by atoms with Crippen LogP contribution < -0.4 is 14.8 Å². The van der Waals surface area contributed by atoms with E-state index in [0.29, 0.717) is 42.6 Å². The third-order valence-corrected chi connectivity index (χ3v) is 4.05. The van der Waals surface area contributed by atoms with Gasteiger partial charge in [0.1, 0.15) is 24.7 Å². The minimum atomic E-state index is -0.209. The average Bonchev–Trinajstić information content (AvgIpc) is 2.74. The standard InChI is InChI=1S/C23H23NO4/c1-26-15-16-27-20-13-11-19(12-14-20)23(25)24-21-9-5-6-10-22(21)28-17-18-7-3-2-4-8-18/h2-14H,15-17H2,1H3,(H,24,25). The Morgan fingerprint density at radius 2 is 1.54 bits per heavy atom. The second-order valence-electron chi connectivity index (χ2n) is 6.09. The maximum absolute atomic E-state index is 12.6. The summed E-state index contributed by atoms with van der Waals surface area (Å²) in [4.78, 5) is 12.6. The molecule has 1 N–H and O–H groups in total. The number of hydrogen-bond donors (Lipinski definition) is 1. The van der Waals surface area contributed by atoms with Gasteiger partial charge < -0.3 is 19.5 Å². The van der Waals surface area contributed by atoms with Crippen LogP contribution in [0.5, 0.6) is 11.5 Å². The number of amides is 1. The highest BCUT2D eigenvalue weighted by Gasteiger charge is 2.10. The van der Waals surface area contributed by atoms with Gasteiger partial charge in [-0.25, -0.2) is 0 Å². The lowest BCUT2D eigenvalue weighted by molar-refractivity contribution is 0.102. The molecule has 5 nitrogen and oxygen atoms in total.